The molecule has 4 heterocycles. The summed E-state index contributed by atoms with van der Waals surface area (Å²) in [6.45, 7) is -3.42. The van der Waals surface area contributed by atoms with Gasteiger partial charge < -0.3 is 105 Å². The summed E-state index contributed by atoms with van der Waals surface area (Å²) in [5.74, 6) is 0. The molecule has 0 aromatic carbocycles. The summed E-state index contributed by atoms with van der Waals surface area (Å²) >= 11 is 0. The lowest BCUT2D eigenvalue weighted by molar-refractivity contribution is -0.389. The summed E-state index contributed by atoms with van der Waals surface area (Å²) in [7, 11) is 0. The molecule has 14 N–H and O–H groups in total. The number of aliphatic hydroxyl groups is 14. The predicted octanol–water partition coefficient (Wildman–Crippen LogP) is -9.75. The van der Waals surface area contributed by atoms with E-state index in [9.17, 15) is 71.5 Å². The molecule has 4 rings (SSSR count). The van der Waals surface area contributed by atoms with Crippen molar-refractivity contribution in [3.8, 4) is 0 Å². The van der Waals surface area contributed by atoms with Crippen LogP contribution in [0, 0.1) is 0 Å². The molecule has 264 valence electrons. The number of ether oxygens (including phenoxy) is 7. The molecule has 0 aromatic heterocycles. The first-order valence-electron chi connectivity index (χ1n) is 14.1. The molecular weight excluding hydrogens is 624 g/mol. The highest BCUT2D eigenvalue weighted by atomic mass is 16.8. The van der Waals surface area contributed by atoms with E-state index >= 15 is 0 Å². The Hall–Kier alpha value is -0.840. The molecule has 45 heavy (non-hydrogen) atoms. The molecule has 4 saturated heterocycles. The minimum atomic E-state index is -2.05. The normalized spacial score (nSPS) is 52.9. The van der Waals surface area contributed by atoms with Gasteiger partial charge in [-0.25, -0.2) is 0 Å². The van der Waals surface area contributed by atoms with Crippen molar-refractivity contribution in [2.24, 2.45) is 0 Å². The summed E-state index contributed by atoms with van der Waals surface area (Å²) in [5, 5.41) is 143. The highest BCUT2D eigenvalue weighted by Gasteiger charge is 2.55. The van der Waals surface area contributed by atoms with Gasteiger partial charge in [-0.05, 0) is 0 Å². The maximum absolute atomic E-state index is 11.1. The Balaban J connectivity index is 1.53. The molecule has 0 bridgehead atoms. The average Bonchev–Trinajstić information content (AvgIpc) is 3.02. The maximum atomic E-state index is 11.1. The zero-order chi connectivity index (χ0) is 33.3. The van der Waals surface area contributed by atoms with Gasteiger partial charge in [0.2, 0.25) is 0 Å². The second kappa shape index (κ2) is 15.6. The summed E-state index contributed by atoms with van der Waals surface area (Å²) in [6, 6.07) is 0. The van der Waals surface area contributed by atoms with Crippen molar-refractivity contribution in [3.63, 3.8) is 0 Å². The maximum Gasteiger partial charge on any atom is 0.187 e. The van der Waals surface area contributed by atoms with Crippen LogP contribution >= 0.6 is 0 Å². The standard InChI is InChI=1S/C24H42O21/c25-1-5-9(29)13(33)14(34)22(40-5)44-19-11(31)7(3-27)42-24(16(19)36)45-20-12(32)8(4-28)41-23(17(20)37)43-18-10(30)6(2-26)39-21(38)15(18)35/h5-38H,1-4H2/t5?,6?,7?,8?,9-,10-,11-,12-,13-,14?,15?,16?,17?,18-,19-,20-,21?,22-,23-,24-/m0/s1. The van der Waals surface area contributed by atoms with E-state index < -0.39 is 149 Å². The number of rotatable bonds is 10. The molecule has 0 radical (unpaired) electrons. The van der Waals surface area contributed by atoms with Crippen LogP contribution in [0.5, 0.6) is 0 Å². The molecule has 4 fully saturated rings. The van der Waals surface area contributed by atoms with Gasteiger partial charge in [-0.1, -0.05) is 0 Å². The van der Waals surface area contributed by atoms with Crippen molar-refractivity contribution in [1.82, 2.24) is 0 Å². The first-order chi connectivity index (χ1) is 21.3. The third kappa shape index (κ3) is 7.44. The van der Waals surface area contributed by atoms with E-state index in [-0.39, 0.29) is 0 Å². The van der Waals surface area contributed by atoms with Gasteiger partial charge in [0.15, 0.2) is 25.2 Å². The summed E-state index contributed by atoms with van der Waals surface area (Å²) < 4.78 is 37.5. The minimum Gasteiger partial charge on any atom is -0.394 e. The van der Waals surface area contributed by atoms with Crippen LogP contribution in [0.25, 0.3) is 0 Å². The Morgan fingerprint density at radius 2 is 0.644 bits per heavy atom. The van der Waals surface area contributed by atoms with Crippen molar-refractivity contribution in [1.29, 1.82) is 0 Å². The number of hydrogen-bond acceptors (Lipinski definition) is 21. The molecule has 4 aliphatic rings. The smallest absolute Gasteiger partial charge is 0.187 e. The summed E-state index contributed by atoms with van der Waals surface area (Å²) in [4.78, 5) is 0. The highest BCUT2D eigenvalue weighted by molar-refractivity contribution is 4.97. The monoisotopic (exact) mass is 666 g/mol. The van der Waals surface area contributed by atoms with E-state index in [1.54, 1.807) is 0 Å². The molecule has 0 spiro atoms. The van der Waals surface area contributed by atoms with Crippen LogP contribution in [0.3, 0.4) is 0 Å². The molecule has 4 aliphatic heterocycles. The third-order valence-corrected chi connectivity index (χ3v) is 8.21. The molecule has 21 heteroatoms. The summed E-state index contributed by atoms with van der Waals surface area (Å²) in [5.41, 5.74) is 0. The van der Waals surface area contributed by atoms with Crippen LogP contribution in [0.1, 0.15) is 0 Å². The second-order valence-electron chi connectivity index (χ2n) is 11.1. The van der Waals surface area contributed by atoms with Gasteiger partial charge in [0.25, 0.3) is 0 Å². The first-order valence-corrected chi connectivity index (χ1v) is 14.1. The van der Waals surface area contributed by atoms with E-state index in [4.69, 9.17) is 33.2 Å². The SMILES string of the molecule is OCC1O[C@@H](O[C@@H]2C(O)[C@H](O[C@@H]3C(O)[C@H](O[C@@H]4C(O)C(O)OC(CO)[C@@H]4O)OC(CO)[C@@H]3O)OC(CO)[C@@H]2O)C(O)[C@@H](O)[C@H]1O. The second-order valence-corrected chi connectivity index (χ2v) is 11.1. The molecule has 0 aromatic rings. The van der Waals surface area contributed by atoms with Crippen LogP contribution in [-0.4, -0.2) is 221 Å². The lowest BCUT2D eigenvalue weighted by atomic mass is 9.95. The quantitative estimate of drug-likeness (QED) is 0.103. The van der Waals surface area contributed by atoms with Gasteiger partial charge in [0.05, 0.1) is 26.4 Å². The van der Waals surface area contributed by atoms with Crippen molar-refractivity contribution in [2.45, 2.75) is 123 Å². The van der Waals surface area contributed by atoms with Crippen molar-refractivity contribution in [2.75, 3.05) is 26.4 Å². The van der Waals surface area contributed by atoms with E-state index in [0.29, 0.717) is 0 Å². The lowest BCUT2D eigenvalue weighted by Gasteiger charge is -2.49. The molecule has 0 aliphatic carbocycles. The predicted molar refractivity (Wildman–Crippen MR) is 134 cm³/mol. The number of aliphatic hydroxyl groups excluding tert-OH is 14. The van der Waals surface area contributed by atoms with E-state index in [0.717, 1.165) is 0 Å². The van der Waals surface area contributed by atoms with Crippen LogP contribution in [0.2, 0.25) is 0 Å². The third-order valence-electron chi connectivity index (χ3n) is 8.21. The van der Waals surface area contributed by atoms with Gasteiger partial charge in [-0.3, -0.25) is 0 Å². The highest BCUT2D eigenvalue weighted by Crippen LogP contribution is 2.34. The van der Waals surface area contributed by atoms with Gasteiger partial charge in [-0.15, -0.1) is 0 Å². The van der Waals surface area contributed by atoms with E-state index in [2.05, 4.69) is 0 Å². The summed E-state index contributed by atoms with van der Waals surface area (Å²) in [6.07, 6.45) is -36.1. The van der Waals surface area contributed by atoms with Crippen LogP contribution < -0.4 is 0 Å². The number of hydrogen-bond donors (Lipinski definition) is 14. The minimum absolute atomic E-state index is 0.802. The van der Waals surface area contributed by atoms with Crippen LogP contribution in [-0.2, 0) is 33.2 Å². The largest absolute Gasteiger partial charge is 0.394 e. The fraction of sp³-hybridized carbons (Fsp3) is 1.00. The molecule has 0 saturated carbocycles. The lowest BCUT2D eigenvalue weighted by Crippen LogP contribution is -2.67. The van der Waals surface area contributed by atoms with Crippen molar-refractivity contribution in [3.05, 3.63) is 0 Å². The molecular formula is C24H42O21. The average molecular weight is 667 g/mol. The Kier molecular flexibility index (Phi) is 12.8. The Bertz CT molecular complexity index is 916. The molecule has 20 atom stereocenters. The fourth-order valence-corrected chi connectivity index (χ4v) is 5.53. The zero-order valence-electron chi connectivity index (χ0n) is 23.5. The molecule has 21 nitrogen and oxygen atoms in total. The fourth-order valence-electron chi connectivity index (χ4n) is 5.53. The van der Waals surface area contributed by atoms with Gasteiger partial charge in [-0.2, -0.15) is 0 Å². The van der Waals surface area contributed by atoms with Crippen LogP contribution in [0.4, 0.5) is 0 Å². The molecule has 9 unspecified atom stereocenters. The Morgan fingerprint density at radius 3 is 1.02 bits per heavy atom. The van der Waals surface area contributed by atoms with Crippen molar-refractivity contribution < 1.29 is 105 Å². The van der Waals surface area contributed by atoms with Crippen LogP contribution in [0.15, 0.2) is 0 Å². The van der Waals surface area contributed by atoms with E-state index in [1.807, 2.05) is 0 Å². The Labute approximate surface area is 254 Å². The molecule has 0 amide bonds. The topological polar surface area (TPSA) is 348 Å². The van der Waals surface area contributed by atoms with Crippen molar-refractivity contribution >= 4 is 0 Å². The first kappa shape index (κ1) is 37.0. The zero-order valence-corrected chi connectivity index (χ0v) is 23.5. The van der Waals surface area contributed by atoms with Gasteiger partial charge in [0.1, 0.15) is 97.7 Å². The Morgan fingerprint density at radius 1 is 0.333 bits per heavy atom. The van der Waals surface area contributed by atoms with Gasteiger partial charge in [0, 0.05) is 0 Å². The van der Waals surface area contributed by atoms with E-state index in [1.165, 1.54) is 0 Å². The van der Waals surface area contributed by atoms with Gasteiger partial charge >= 0.3 is 0 Å².